The summed E-state index contributed by atoms with van der Waals surface area (Å²) in [5, 5.41) is 0.194. The Kier molecular flexibility index (Phi) is 6.85. The largest absolute Gasteiger partial charge is 0.497 e. The Bertz CT molecular complexity index is 1070. The first-order valence-corrected chi connectivity index (χ1v) is 12.5. The van der Waals surface area contributed by atoms with Crippen LogP contribution in [0.15, 0.2) is 58.3 Å². The molecule has 2 aromatic carbocycles. The van der Waals surface area contributed by atoms with Crippen molar-refractivity contribution in [2.24, 2.45) is 0 Å². The van der Waals surface area contributed by atoms with Gasteiger partial charge in [-0.2, -0.15) is 4.31 Å². The second-order valence-electron chi connectivity index (χ2n) is 6.67. The van der Waals surface area contributed by atoms with Gasteiger partial charge in [0.1, 0.15) is 10.6 Å². The smallest absolute Gasteiger partial charge is 0.244 e. The molecule has 0 spiro atoms. The lowest BCUT2D eigenvalue weighted by molar-refractivity contribution is 0.197. The highest BCUT2D eigenvalue weighted by molar-refractivity contribution is 7.91. The molecule has 0 radical (unpaired) electrons. The van der Waals surface area contributed by atoms with Crippen molar-refractivity contribution in [3.63, 3.8) is 0 Å². The summed E-state index contributed by atoms with van der Waals surface area (Å²) < 4.78 is 57.2. The highest BCUT2D eigenvalue weighted by Crippen LogP contribution is 2.25. The average Bonchev–Trinajstić information content (AvgIpc) is 2.73. The molecule has 7 nitrogen and oxygen atoms in total. The summed E-state index contributed by atoms with van der Waals surface area (Å²) in [6.07, 6.45) is 0. The Balaban J connectivity index is 1.59. The van der Waals surface area contributed by atoms with Gasteiger partial charge in [-0.05, 0) is 30.3 Å². The summed E-state index contributed by atoms with van der Waals surface area (Å²) in [6.45, 7) is 1.81. The van der Waals surface area contributed by atoms with E-state index in [4.69, 9.17) is 16.3 Å². The SMILES string of the molecule is COc1cccc(S(=O)(=O)CCN2CCN(S(=O)(=O)c3ccccc3Cl)CC2)c1. The fourth-order valence-corrected chi connectivity index (χ4v) is 6.38. The first-order valence-electron chi connectivity index (χ1n) is 9.08. The van der Waals surface area contributed by atoms with Crippen LogP contribution in [0.1, 0.15) is 0 Å². The van der Waals surface area contributed by atoms with E-state index in [1.807, 2.05) is 4.90 Å². The zero-order valence-corrected chi connectivity index (χ0v) is 18.4. The van der Waals surface area contributed by atoms with Crippen LogP contribution in [0.3, 0.4) is 0 Å². The molecule has 2 aromatic rings. The molecule has 1 aliphatic heterocycles. The third kappa shape index (κ3) is 5.10. The summed E-state index contributed by atoms with van der Waals surface area (Å²) in [5.41, 5.74) is 0. The van der Waals surface area contributed by atoms with Gasteiger partial charge in [0.25, 0.3) is 0 Å². The van der Waals surface area contributed by atoms with Crippen LogP contribution >= 0.6 is 11.6 Å². The zero-order valence-electron chi connectivity index (χ0n) is 16.0. The Morgan fingerprint density at radius 1 is 0.966 bits per heavy atom. The molecule has 158 valence electrons. The Morgan fingerprint density at radius 3 is 2.31 bits per heavy atom. The van der Waals surface area contributed by atoms with Gasteiger partial charge in [-0.15, -0.1) is 0 Å². The molecule has 1 saturated heterocycles. The van der Waals surface area contributed by atoms with Crippen LogP contribution in [0.25, 0.3) is 0 Å². The van der Waals surface area contributed by atoms with Gasteiger partial charge in [0.05, 0.1) is 22.8 Å². The van der Waals surface area contributed by atoms with E-state index >= 15 is 0 Å². The zero-order chi connectivity index (χ0) is 21.1. The minimum atomic E-state index is -3.67. The van der Waals surface area contributed by atoms with E-state index in [2.05, 4.69) is 0 Å². The average molecular weight is 459 g/mol. The third-order valence-corrected chi connectivity index (χ3v) is 8.95. The van der Waals surface area contributed by atoms with E-state index in [9.17, 15) is 16.8 Å². The van der Waals surface area contributed by atoms with Crippen molar-refractivity contribution in [3.05, 3.63) is 53.6 Å². The number of benzene rings is 2. The van der Waals surface area contributed by atoms with E-state index in [0.29, 0.717) is 25.4 Å². The number of sulfonamides is 1. The predicted molar refractivity (Wildman–Crippen MR) is 112 cm³/mol. The second kappa shape index (κ2) is 9.01. The van der Waals surface area contributed by atoms with Crippen LogP contribution < -0.4 is 4.74 Å². The van der Waals surface area contributed by atoms with E-state index in [0.717, 1.165) is 0 Å². The number of hydrogen-bond donors (Lipinski definition) is 0. The van der Waals surface area contributed by atoms with Crippen LogP contribution in [0.4, 0.5) is 0 Å². The molecular formula is C19H23ClN2O5S2. The fourth-order valence-electron chi connectivity index (χ4n) is 3.15. The van der Waals surface area contributed by atoms with Gasteiger partial charge in [-0.1, -0.05) is 29.8 Å². The molecule has 0 aliphatic carbocycles. The van der Waals surface area contributed by atoms with Crippen molar-refractivity contribution in [2.75, 3.05) is 45.6 Å². The molecule has 0 saturated carbocycles. The number of methoxy groups -OCH3 is 1. The Morgan fingerprint density at radius 2 is 1.66 bits per heavy atom. The summed E-state index contributed by atoms with van der Waals surface area (Å²) in [4.78, 5) is 2.27. The molecule has 1 heterocycles. The van der Waals surface area contributed by atoms with E-state index in [1.165, 1.54) is 23.5 Å². The fraction of sp³-hybridized carbons (Fsp3) is 0.368. The van der Waals surface area contributed by atoms with Gasteiger partial charge in [0, 0.05) is 32.7 Å². The van der Waals surface area contributed by atoms with Gasteiger partial charge in [0.15, 0.2) is 9.84 Å². The normalized spacial score (nSPS) is 16.6. The maximum absolute atomic E-state index is 12.8. The number of piperazine rings is 1. The molecule has 0 bridgehead atoms. The van der Waals surface area contributed by atoms with Gasteiger partial charge < -0.3 is 4.74 Å². The lowest BCUT2D eigenvalue weighted by atomic mass is 10.3. The minimum absolute atomic E-state index is 0.0442. The number of rotatable bonds is 7. The Labute approximate surface area is 176 Å². The quantitative estimate of drug-likeness (QED) is 0.632. The molecule has 29 heavy (non-hydrogen) atoms. The van der Waals surface area contributed by atoms with E-state index in [-0.39, 0.29) is 33.7 Å². The highest BCUT2D eigenvalue weighted by Gasteiger charge is 2.30. The summed E-state index contributed by atoms with van der Waals surface area (Å²) >= 11 is 6.04. The highest BCUT2D eigenvalue weighted by atomic mass is 35.5. The van der Waals surface area contributed by atoms with Crippen molar-refractivity contribution >= 4 is 31.5 Å². The van der Waals surface area contributed by atoms with Crippen molar-refractivity contribution in [1.29, 1.82) is 0 Å². The molecule has 10 heteroatoms. The first-order chi connectivity index (χ1) is 13.7. The number of nitrogens with zero attached hydrogens (tertiary/aromatic N) is 2. The number of hydrogen-bond acceptors (Lipinski definition) is 6. The van der Waals surface area contributed by atoms with Crippen molar-refractivity contribution < 1.29 is 21.6 Å². The van der Waals surface area contributed by atoms with E-state index < -0.39 is 19.9 Å². The lowest BCUT2D eigenvalue weighted by Gasteiger charge is -2.34. The number of ether oxygens (including phenoxy) is 1. The van der Waals surface area contributed by atoms with E-state index in [1.54, 1.807) is 36.4 Å². The summed E-state index contributed by atoms with van der Waals surface area (Å²) in [7, 11) is -5.63. The van der Waals surface area contributed by atoms with Gasteiger partial charge in [-0.3, -0.25) is 4.90 Å². The number of sulfone groups is 1. The summed E-state index contributed by atoms with van der Waals surface area (Å²) in [6, 6.07) is 12.7. The van der Waals surface area contributed by atoms with Crippen molar-refractivity contribution in [3.8, 4) is 5.75 Å². The van der Waals surface area contributed by atoms with Crippen LogP contribution in [0, 0.1) is 0 Å². The van der Waals surface area contributed by atoms with Gasteiger partial charge in [-0.25, -0.2) is 16.8 Å². The minimum Gasteiger partial charge on any atom is -0.497 e. The molecular weight excluding hydrogens is 436 g/mol. The molecule has 1 fully saturated rings. The molecule has 0 aromatic heterocycles. The molecule has 0 unspecified atom stereocenters. The van der Waals surface area contributed by atoms with Crippen molar-refractivity contribution in [2.45, 2.75) is 9.79 Å². The third-order valence-electron chi connectivity index (χ3n) is 4.86. The topological polar surface area (TPSA) is 84.0 Å². The summed E-state index contributed by atoms with van der Waals surface area (Å²) in [5.74, 6) is 0.446. The van der Waals surface area contributed by atoms with Gasteiger partial charge in [0.2, 0.25) is 10.0 Å². The van der Waals surface area contributed by atoms with Gasteiger partial charge >= 0.3 is 0 Å². The Hall–Kier alpha value is -1.65. The molecule has 0 atom stereocenters. The van der Waals surface area contributed by atoms with Crippen LogP contribution in [-0.4, -0.2) is 71.6 Å². The van der Waals surface area contributed by atoms with Crippen LogP contribution in [0.5, 0.6) is 5.75 Å². The predicted octanol–water partition coefficient (Wildman–Crippen LogP) is 2.13. The van der Waals surface area contributed by atoms with Crippen molar-refractivity contribution in [1.82, 2.24) is 9.21 Å². The van der Waals surface area contributed by atoms with Crippen LogP contribution in [0.2, 0.25) is 5.02 Å². The standard InChI is InChI=1S/C19H23ClN2O5S2/c1-27-16-5-4-6-17(15-16)28(23,24)14-13-21-9-11-22(12-10-21)29(25,26)19-8-3-2-7-18(19)20/h2-8,15H,9-14H2,1H3. The maximum Gasteiger partial charge on any atom is 0.244 e. The maximum atomic E-state index is 12.8. The molecule has 1 aliphatic rings. The molecule has 3 rings (SSSR count). The number of halogens is 1. The molecule has 0 N–H and O–H groups in total. The lowest BCUT2D eigenvalue weighted by Crippen LogP contribution is -2.49. The molecule has 0 amide bonds. The van der Waals surface area contributed by atoms with Crippen LogP contribution in [-0.2, 0) is 19.9 Å². The second-order valence-corrected chi connectivity index (χ2v) is 11.1. The monoisotopic (exact) mass is 458 g/mol. The first kappa shape index (κ1) is 22.0.